The number of ether oxygens (including phenoxy) is 1. The molecule has 2 heterocycles. The summed E-state index contributed by atoms with van der Waals surface area (Å²) in [4.78, 5) is 26.0. The van der Waals surface area contributed by atoms with E-state index >= 15 is 0 Å². The van der Waals surface area contributed by atoms with Gasteiger partial charge in [0.25, 0.3) is 0 Å². The lowest BCUT2D eigenvalue weighted by atomic mass is 9.93. The maximum Gasteiger partial charge on any atom is 0.326 e. The zero-order valence-corrected chi connectivity index (χ0v) is 12.0. The average Bonchev–Trinajstić information content (AvgIpc) is 3.11. The van der Waals surface area contributed by atoms with Gasteiger partial charge in [0, 0.05) is 13.2 Å². The fourth-order valence-corrected chi connectivity index (χ4v) is 4.40. The van der Waals surface area contributed by atoms with Gasteiger partial charge in [-0.3, -0.25) is 4.79 Å². The summed E-state index contributed by atoms with van der Waals surface area (Å²) in [5.41, 5.74) is 0. The van der Waals surface area contributed by atoms with Gasteiger partial charge in [0.1, 0.15) is 6.04 Å². The summed E-state index contributed by atoms with van der Waals surface area (Å²) in [6.07, 6.45) is 4.63. The van der Waals surface area contributed by atoms with Crippen LogP contribution in [0.2, 0.25) is 0 Å². The van der Waals surface area contributed by atoms with Gasteiger partial charge in [-0.15, -0.1) is 0 Å². The molecule has 1 saturated carbocycles. The summed E-state index contributed by atoms with van der Waals surface area (Å²) in [7, 11) is 0. The van der Waals surface area contributed by atoms with Crippen LogP contribution in [-0.2, 0) is 14.3 Å². The minimum atomic E-state index is -0.834. The molecule has 1 amide bonds. The van der Waals surface area contributed by atoms with E-state index in [0.717, 1.165) is 32.1 Å². The molecule has 0 aromatic rings. The Morgan fingerprint density at radius 1 is 1.30 bits per heavy atom. The molecule has 0 bridgehead atoms. The second kappa shape index (κ2) is 5.35. The molecule has 3 aliphatic rings. The second-order valence-electron chi connectivity index (χ2n) is 6.34. The van der Waals surface area contributed by atoms with E-state index < -0.39 is 12.0 Å². The van der Waals surface area contributed by atoms with E-state index in [1.54, 1.807) is 4.90 Å². The van der Waals surface area contributed by atoms with Crippen LogP contribution in [0.3, 0.4) is 0 Å². The van der Waals surface area contributed by atoms with Gasteiger partial charge < -0.3 is 14.7 Å². The Morgan fingerprint density at radius 2 is 2.10 bits per heavy atom. The molecule has 0 radical (unpaired) electrons. The number of amides is 1. The van der Waals surface area contributed by atoms with Crippen LogP contribution in [-0.4, -0.2) is 47.2 Å². The molecule has 3 fully saturated rings. The molecule has 3 rings (SSSR count). The summed E-state index contributed by atoms with van der Waals surface area (Å²) in [5.74, 6) is -0.405. The lowest BCUT2D eigenvalue weighted by Crippen LogP contribution is -2.47. The molecule has 2 saturated heterocycles. The first-order valence-electron chi connectivity index (χ1n) is 7.78. The number of likely N-dealkylation sites (tertiary alicyclic amines) is 1. The highest BCUT2D eigenvalue weighted by Gasteiger charge is 2.51. The smallest absolute Gasteiger partial charge is 0.326 e. The average molecular weight is 281 g/mol. The normalized spacial score (nSPS) is 40.0. The van der Waals surface area contributed by atoms with Crippen LogP contribution in [0.4, 0.5) is 0 Å². The molecule has 5 unspecified atom stereocenters. The highest BCUT2D eigenvalue weighted by molar-refractivity contribution is 5.86. The van der Waals surface area contributed by atoms with Gasteiger partial charge in [-0.25, -0.2) is 4.79 Å². The molecular formula is C15H23NO4. The molecule has 20 heavy (non-hydrogen) atoms. The molecule has 0 spiro atoms. The topological polar surface area (TPSA) is 66.8 Å². The van der Waals surface area contributed by atoms with Crippen LogP contribution in [0, 0.1) is 17.8 Å². The van der Waals surface area contributed by atoms with E-state index in [1.165, 1.54) is 0 Å². The van der Waals surface area contributed by atoms with Crippen molar-refractivity contribution in [3.63, 3.8) is 0 Å². The number of carbonyl (C=O) groups is 2. The summed E-state index contributed by atoms with van der Waals surface area (Å²) < 4.78 is 5.59. The second-order valence-corrected chi connectivity index (χ2v) is 6.34. The lowest BCUT2D eigenvalue weighted by Gasteiger charge is -2.28. The Hall–Kier alpha value is -1.10. The third kappa shape index (κ3) is 2.12. The van der Waals surface area contributed by atoms with Gasteiger partial charge in [0.15, 0.2) is 0 Å². The Kier molecular flexibility index (Phi) is 3.71. The third-order valence-electron chi connectivity index (χ3n) is 5.36. The number of aliphatic carboxylic acids is 1. The molecule has 2 aliphatic heterocycles. The number of nitrogens with zero attached hydrogens (tertiary/aromatic N) is 1. The van der Waals surface area contributed by atoms with Crippen LogP contribution in [0.15, 0.2) is 0 Å². The number of hydrogen-bond donors (Lipinski definition) is 1. The first-order valence-corrected chi connectivity index (χ1v) is 7.78. The predicted molar refractivity (Wildman–Crippen MR) is 72.1 cm³/mol. The number of carboxylic acids is 1. The number of hydrogen-bond acceptors (Lipinski definition) is 3. The van der Waals surface area contributed by atoms with Crippen molar-refractivity contribution in [1.29, 1.82) is 0 Å². The minimum absolute atomic E-state index is 0.0103. The van der Waals surface area contributed by atoms with Crippen LogP contribution >= 0.6 is 0 Å². The maximum absolute atomic E-state index is 12.7. The van der Waals surface area contributed by atoms with E-state index in [4.69, 9.17) is 4.74 Å². The van der Waals surface area contributed by atoms with Crippen molar-refractivity contribution in [1.82, 2.24) is 4.90 Å². The Balaban J connectivity index is 1.78. The van der Waals surface area contributed by atoms with Crippen LogP contribution < -0.4 is 0 Å². The Morgan fingerprint density at radius 3 is 2.80 bits per heavy atom. The van der Waals surface area contributed by atoms with Gasteiger partial charge in [0.05, 0.1) is 12.0 Å². The minimum Gasteiger partial charge on any atom is -0.480 e. The summed E-state index contributed by atoms with van der Waals surface area (Å²) >= 11 is 0. The zero-order chi connectivity index (χ0) is 14.3. The molecule has 1 aliphatic carbocycles. The van der Waals surface area contributed by atoms with Crippen molar-refractivity contribution >= 4 is 11.9 Å². The van der Waals surface area contributed by atoms with Gasteiger partial charge in [-0.2, -0.15) is 0 Å². The highest BCUT2D eigenvalue weighted by atomic mass is 16.5. The standard InChI is InChI=1S/C15H23NO4/c1-2-12-11(6-7-20-12)14(17)16-8-9-4-3-5-10(9)13(16)15(18)19/h9-13H,2-8H2,1H3,(H,18,19). The summed E-state index contributed by atoms with van der Waals surface area (Å²) in [6.45, 7) is 3.27. The summed E-state index contributed by atoms with van der Waals surface area (Å²) in [6, 6.07) is -0.604. The molecule has 5 atom stereocenters. The molecule has 112 valence electrons. The van der Waals surface area contributed by atoms with Gasteiger partial charge in [-0.1, -0.05) is 13.3 Å². The monoisotopic (exact) mass is 281 g/mol. The van der Waals surface area contributed by atoms with E-state index in [1.807, 2.05) is 6.92 Å². The first kappa shape index (κ1) is 13.9. The Labute approximate surface area is 119 Å². The van der Waals surface area contributed by atoms with Crippen molar-refractivity contribution in [3.8, 4) is 0 Å². The van der Waals surface area contributed by atoms with Crippen molar-refractivity contribution in [2.75, 3.05) is 13.2 Å². The van der Waals surface area contributed by atoms with Gasteiger partial charge >= 0.3 is 5.97 Å². The third-order valence-corrected chi connectivity index (χ3v) is 5.36. The number of carbonyl (C=O) groups excluding carboxylic acids is 1. The van der Waals surface area contributed by atoms with Crippen molar-refractivity contribution in [2.45, 2.75) is 51.2 Å². The van der Waals surface area contributed by atoms with E-state index in [9.17, 15) is 14.7 Å². The van der Waals surface area contributed by atoms with E-state index in [0.29, 0.717) is 19.1 Å². The Bertz CT molecular complexity index is 411. The predicted octanol–water partition coefficient (Wildman–Crippen LogP) is 1.51. The van der Waals surface area contributed by atoms with Crippen molar-refractivity contribution in [3.05, 3.63) is 0 Å². The van der Waals surface area contributed by atoms with Gasteiger partial charge in [-0.05, 0) is 37.5 Å². The zero-order valence-electron chi connectivity index (χ0n) is 12.0. The largest absolute Gasteiger partial charge is 0.480 e. The molecule has 5 nitrogen and oxygen atoms in total. The molecule has 0 aromatic carbocycles. The molecular weight excluding hydrogens is 258 g/mol. The van der Waals surface area contributed by atoms with Crippen LogP contribution in [0.25, 0.3) is 0 Å². The van der Waals surface area contributed by atoms with Crippen molar-refractivity contribution in [2.24, 2.45) is 17.8 Å². The molecule has 0 aromatic heterocycles. The fourth-order valence-electron chi connectivity index (χ4n) is 4.40. The maximum atomic E-state index is 12.7. The van der Waals surface area contributed by atoms with E-state index in [2.05, 4.69) is 0 Å². The number of rotatable bonds is 3. The SMILES string of the molecule is CCC1OCCC1C(=O)N1CC2CCCC2C1C(=O)O. The fraction of sp³-hybridized carbons (Fsp3) is 0.867. The van der Waals surface area contributed by atoms with Gasteiger partial charge in [0.2, 0.25) is 5.91 Å². The van der Waals surface area contributed by atoms with Crippen molar-refractivity contribution < 1.29 is 19.4 Å². The number of carboxylic acid groups (broad SMARTS) is 1. The molecule has 5 heteroatoms. The highest BCUT2D eigenvalue weighted by Crippen LogP contribution is 2.43. The lowest BCUT2D eigenvalue weighted by molar-refractivity contribution is -0.152. The summed E-state index contributed by atoms with van der Waals surface area (Å²) in [5, 5.41) is 9.52. The number of fused-ring (bicyclic) bond motifs is 1. The quantitative estimate of drug-likeness (QED) is 0.851. The molecule has 1 N–H and O–H groups in total. The van der Waals surface area contributed by atoms with Crippen LogP contribution in [0.5, 0.6) is 0 Å². The van der Waals surface area contributed by atoms with Crippen LogP contribution in [0.1, 0.15) is 39.0 Å². The van der Waals surface area contributed by atoms with E-state index in [-0.39, 0.29) is 23.8 Å². The first-order chi connectivity index (χ1) is 9.63.